The Labute approximate surface area is 348 Å². The first-order valence-corrected chi connectivity index (χ1v) is 21.1. The molecule has 2 aliphatic rings. The summed E-state index contributed by atoms with van der Waals surface area (Å²) in [6.45, 7) is 5.30. The first kappa shape index (κ1) is 40.4. The molecule has 0 saturated carbocycles. The number of nitrogens with one attached hydrogen (secondary N) is 2. The van der Waals surface area contributed by atoms with Gasteiger partial charge in [-0.3, -0.25) is 14.5 Å². The molecule has 0 aliphatic carbocycles. The van der Waals surface area contributed by atoms with Crippen molar-refractivity contribution < 1.29 is 24.0 Å². The van der Waals surface area contributed by atoms with E-state index in [1.807, 2.05) is 60.7 Å². The topological polar surface area (TPSA) is 166 Å². The monoisotopic (exact) mass is 835 g/mol. The van der Waals surface area contributed by atoms with Crippen molar-refractivity contribution >= 4 is 63.5 Å². The SMILES string of the molecule is CO/N=C(/C(=O)NC1C(=O)N2C(C(=O)OC(C)(C)C)=C(/C=C/CSc3nnnn3C)SCC12)c1csc(NC(c2ccccc2)(c2ccccc2)c2ccccc2)n1. The fourth-order valence-electron chi connectivity index (χ4n) is 6.67. The molecular weight excluding hydrogens is 795 g/mol. The molecule has 0 spiro atoms. The number of carbonyl (C=O) groups excluding carboxylic acids is 3. The fourth-order valence-corrected chi connectivity index (χ4v) is 9.28. The predicted molar refractivity (Wildman–Crippen MR) is 225 cm³/mol. The van der Waals surface area contributed by atoms with Crippen molar-refractivity contribution in [2.75, 3.05) is 23.9 Å². The molecule has 0 radical (unpaired) electrons. The molecule has 14 nitrogen and oxygen atoms in total. The molecule has 2 unspecified atom stereocenters. The normalized spacial score (nSPS) is 17.2. The number of benzene rings is 3. The first-order chi connectivity index (χ1) is 28.0. The van der Waals surface area contributed by atoms with Crippen LogP contribution >= 0.6 is 34.9 Å². The van der Waals surface area contributed by atoms with E-state index in [9.17, 15) is 14.4 Å². The molecule has 2 amide bonds. The van der Waals surface area contributed by atoms with Crippen molar-refractivity contribution in [1.29, 1.82) is 0 Å². The van der Waals surface area contributed by atoms with E-state index in [-0.39, 0.29) is 17.1 Å². The summed E-state index contributed by atoms with van der Waals surface area (Å²) in [6, 6.07) is 28.9. The van der Waals surface area contributed by atoms with Crippen LogP contribution in [0.3, 0.4) is 0 Å². The van der Waals surface area contributed by atoms with Crippen LogP contribution in [0.5, 0.6) is 0 Å². The second-order valence-electron chi connectivity index (χ2n) is 14.2. The lowest BCUT2D eigenvalue weighted by atomic mass is 9.77. The maximum Gasteiger partial charge on any atom is 0.356 e. The lowest BCUT2D eigenvalue weighted by Gasteiger charge is -2.50. The number of esters is 1. The van der Waals surface area contributed by atoms with Gasteiger partial charge in [-0.05, 0) is 54.0 Å². The fraction of sp³-hybridized carbons (Fsp3) is 0.268. The summed E-state index contributed by atoms with van der Waals surface area (Å²) in [6.07, 6.45) is 3.68. The van der Waals surface area contributed by atoms with Crippen LogP contribution in [0, 0.1) is 0 Å². The van der Waals surface area contributed by atoms with E-state index in [1.54, 1.807) is 44.0 Å². The summed E-state index contributed by atoms with van der Waals surface area (Å²) in [4.78, 5) is 53.5. The third-order valence-corrected chi connectivity index (χ3v) is 12.1. The van der Waals surface area contributed by atoms with Gasteiger partial charge in [0.05, 0.1) is 6.04 Å². The van der Waals surface area contributed by atoms with Crippen molar-refractivity contribution in [3.8, 4) is 0 Å². The quantitative estimate of drug-likeness (QED) is 0.0347. The van der Waals surface area contributed by atoms with Crippen molar-refractivity contribution in [3.05, 3.63) is 142 Å². The van der Waals surface area contributed by atoms with Crippen LogP contribution < -0.4 is 10.6 Å². The maximum atomic E-state index is 14.0. The molecule has 7 rings (SSSR count). The number of rotatable bonds is 14. The average molecular weight is 836 g/mol. The van der Waals surface area contributed by atoms with Gasteiger partial charge >= 0.3 is 5.97 Å². The molecule has 3 aromatic carbocycles. The highest BCUT2D eigenvalue weighted by Gasteiger charge is 2.54. The van der Waals surface area contributed by atoms with E-state index in [1.165, 1.54) is 46.9 Å². The number of hydrogen-bond acceptors (Lipinski definition) is 14. The summed E-state index contributed by atoms with van der Waals surface area (Å²) < 4.78 is 7.31. The number of aromatic nitrogens is 5. The van der Waals surface area contributed by atoms with E-state index in [0.29, 0.717) is 26.7 Å². The number of allylic oxidation sites excluding steroid dienone is 1. The van der Waals surface area contributed by atoms with Crippen molar-refractivity contribution in [2.24, 2.45) is 12.2 Å². The number of aryl methyl sites for hydroxylation is 1. The first-order valence-electron chi connectivity index (χ1n) is 18.3. The highest BCUT2D eigenvalue weighted by atomic mass is 32.2. The minimum absolute atomic E-state index is 0.103. The Morgan fingerprint density at radius 2 is 1.60 bits per heavy atom. The van der Waals surface area contributed by atoms with Crippen molar-refractivity contribution in [1.82, 2.24) is 35.4 Å². The molecule has 2 aromatic heterocycles. The minimum atomic E-state index is -0.929. The number of carbonyl (C=O) groups is 3. The van der Waals surface area contributed by atoms with Crippen LogP contribution in [0.2, 0.25) is 0 Å². The Morgan fingerprint density at radius 1 is 0.983 bits per heavy atom. The molecule has 4 heterocycles. The zero-order chi connectivity index (χ0) is 40.9. The standard InChI is InChI=1S/C41H41N9O5S3/c1-40(2,3)55-37(53)34-31(22-15-23-56-39-45-47-48-49(39)4)57-25-30-33(36(52)50(30)34)43-35(51)32(46-54-5)29-24-58-38(42-29)44-41(26-16-9-6-10-17-26,27-18-11-7-12-19-27)28-20-13-8-14-21-28/h6-22,24,30,33H,23,25H2,1-5H3,(H,42,44)(H,43,51)/b22-15+,46-32+. The number of tetrazole rings is 1. The van der Waals surface area contributed by atoms with E-state index in [0.717, 1.165) is 16.7 Å². The van der Waals surface area contributed by atoms with Crippen LogP contribution in [0.15, 0.2) is 129 Å². The third-order valence-electron chi connectivity index (χ3n) is 9.20. The summed E-state index contributed by atoms with van der Waals surface area (Å²) in [5.41, 5.74) is 1.60. The predicted octanol–water partition coefficient (Wildman–Crippen LogP) is 5.77. The molecule has 2 atom stereocenters. The molecule has 298 valence electrons. The summed E-state index contributed by atoms with van der Waals surface area (Å²) >= 11 is 4.15. The second-order valence-corrected chi connectivity index (χ2v) is 17.1. The van der Waals surface area contributed by atoms with Gasteiger partial charge in [0.1, 0.15) is 35.7 Å². The van der Waals surface area contributed by atoms with Crippen molar-refractivity contribution in [3.63, 3.8) is 0 Å². The highest BCUT2D eigenvalue weighted by Crippen LogP contribution is 2.42. The lowest BCUT2D eigenvalue weighted by molar-refractivity contribution is -0.160. The van der Waals surface area contributed by atoms with E-state index in [4.69, 9.17) is 14.6 Å². The number of nitrogens with zero attached hydrogens (tertiary/aromatic N) is 7. The molecule has 1 saturated heterocycles. The molecular formula is C41H41N9O5S3. The summed E-state index contributed by atoms with van der Waals surface area (Å²) in [5.74, 6) is -0.775. The number of β-lactam (4-membered cyclic amide) rings is 1. The number of thioether (sulfide) groups is 2. The van der Waals surface area contributed by atoms with Crippen LogP contribution in [0.25, 0.3) is 0 Å². The largest absolute Gasteiger partial charge is 0.455 e. The minimum Gasteiger partial charge on any atom is -0.455 e. The number of oxime groups is 1. The van der Waals surface area contributed by atoms with Crippen molar-refractivity contribution in [2.45, 2.75) is 49.2 Å². The summed E-state index contributed by atoms with van der Waals surface area (Å²) in [7, 11) is 3.09. The van der Waals surface area contributed by atoms with Gasteiger partial charge in [-0.15, -0.1) is 28.2 Å². The van der Waals surface area contributed by atoms with Crippen LogP contribution in [0.4, 0.5) is 5.13 Å². The number of thiazole rings is 1. The Kier molecular flexibility index (Phi) is 12.1. The zero-order valence-corrected chi connectivity index (χ0v) is 34.8. The Balaban J connectivity index is 1.12. The number of fused-ring (bicyclic) bond motifs is 1. The highest BCUT2D eigenvalue weighted by molar-refractivity contribution is 8.03. The Morgan fingerprint density at radius 3 is 2.16 bits per heavy atom. The van der Waals surface area contributed by atoms with E-state index < -0.39 is 41.0 Å². The molecule has 2 N–H and O–H groups in total. The van der Waals surface area contributed by atoms with Gasteiger partial charge in [0.15, 0.2) is 10.8 Å². The van der Waals surface area contributed by atoms with Gasteiger partial charge in [-0.1, -0.05) is 114 Å². The van der Waals surface area contributed by atoms with Gasteiger partial charge in [-0.2, -0.15) is 0 Å². The Bertz CT molecular complexity index is 2260. The van der Waals surface area contributed by atoms with Crippen LogP contribution in [0.1, 0.15) is 43.2 Å². The van der Waals surface area contributed by atoms with Gasteiger partial charge in [0, 0.05) is 28.8 Å². The Hall–Kier alpha value is -5.78. The molecule has 17 heteroatoms. The van der Waals surface area contributed by atoms with Crippen LogP contribution in [-0.4, -0.2) is 89.9 Å². The van der Waals surface area contributed by atoms with E-state index >= 15 is 0 Å². The molecule has 58 heavy (non-hydrogen) atoms. The zero-order valence-electron chi connectivity index (χ0n) is 32.4. The number of anilines is 1. The van der Waals surface area contributed by atoms with Crippen LogP contribution in [-0.2, 0) is 36.5 Å². The van der Waals surface area contributed by atoms with Gasteiger partial charge < -0.3 is 20.2 Å². The van der Waals surface area contributed by atoms with Gasteiger partial charge in [-0.25, -0.2) is 14.5 Å². The lowest BCUT2D eigenvalue weighted by Crippen LogP contribution is -2.73. The molecule has 0 bridgehead atoms. The van der Waals surface area contributed by atoms with Gasteiger partial charge in [0.25, 0.3) is 11.8 Å². The number of ether oxygens (including phenoxy) is 1. The second kappa shape index (κ2) is 17.4. The average Bonchev–Trinajstić information content (AvgIpc) is 3.87. The number of hydrogen-bond donors (Lipinski definition) is 2. The van der Waals surface area contributed by atoms with E-state index in [2.05, 4.69) is 67.7 Å². The van der Waals surface area contributed by atoms with Gasteiger partial charge in [0.2, 0.25) is 5.16 Å². The molecule has 5 aromatic rings. The smallest absolute Gasteiger partial charge is 0.356 e. The number of amides is 2. The summed E-state index contributed by atoms with van der Waals surface area (Å²) in [5, 5.41) is 25.0. The molecule has 2 aliphatic heterocycles. The molecule has 1 fully saturated rings. The maximum absolute atomic E-state index is 14.0. The third kappa shape index (κ3) is 8.42.